The lowest BCUT2D eigenvalue weighted by molar-refractivity contribution is -0.139. The average molecular weight is 248 g/mol. The summed E-state index contributed by atoms with van der Waals surface area (Å²) in [6, 6.07) is 2.16. The van der Waals surface area contributed by atoms with Crippen molar-refractivity contribution in [3.8, 4) is 0 Å². The number of hydrogen-bond donors (Lipinski definition) is 2. The number of rotatable bonds is 5. The van der Waals surface area contributed by atoms with Crippen molar-refractivity contribution in [1.82, 2.24) is 10.3 Å². The number of nitrogens with one attached hydrogen (secondary N) is 1. The highest BCUT2D eigenvalue weighted by atomic mass is 16.4. The summed E-state index contributed by atoms with van der Waals surface area (Å²) in [5.74, 6) is -1.46. The van der Waals surface area contributed by atoms with Crippen molar-refractivity contribution in [2.75, 3.05) is 0 Å². The molecule has 0 unspecified atom stereocenters. The van der Waals surface area contributed by atoms with Gasteiger partial charge in [-0.1, -0.05) is 11.6 Å². The highest BCUT2D eigenvalue weighted by Crippen LogP contribution is 2.02. The summed E-state index contributed by atoms with van der Waals surface area (Å²) < 4.78 is 0. The number of carboxylic acid groups (broad SMARTS) is 1. The Balaban J connectivity index is 2.70. The van der Waals surface area contributed by atoms with E-state index < -0.39 is 17.9 Å². The van der Waals surface area contributed by atoms with E-state index in [2.05, 4.69) is 10.3 Å². The molecule has 1 amide bonds. The van der Waals surface area contributed by atoms with E-state index in [4.69, 9.17) is 5.11 Å². The van der Waals surface area contributed by atoms with Gasteiger partial charge in [-0.25, -0.2) is 4.79 Å². The second kappa shape index (κ2) is 6.54. The van der Waals surface area contributed by atoms with Gasteiger partial charge in [-0.05, 0) is 32.4 Å². The summed E-state index contributed by atoms with van der Waals surface area (Å²) in [5.41, 5.74) is 1.41. The summed E-state index contributed by atoms with van der Waals surface area (Å²) in [5, 5.41) is 11.5. The first-order chi connectivity index (χ1) is 8.50. The van der Waals surface area contributed by atoms with Gasteiger partial charge in [0.1, 0.15) is 6.04 Å². The molecule has 0 saturated carbocycles. The molecule has 1 atom stereocenters. The number of pyridine rings is 1. The topological polar surface area (TPSA) is 79.3 Å². The van der Waals surface area contributed by atoms with Gasteiger partial charge >= 0.3 is 5.97 Å². The van der Waals surface area contributed by atoms with Gasteiger partial charge < -0.3 is 10.4 Å². The third-order valence-electron chi connectivity index (χ3n) is 2.31. The van der Waals surface area contributed by atoms with Crippen molar-refractivity contribution in [2.24, 2.45) is 0 Å². The number of nitrogens with zero attached hydrogens (tertiary/aromatic N) is 1. The Kier molecular flexibility index (Phi) is 5.05. The van der Waals surface area contributed by atoms with E-state index in [9.17, 15) is 9.59 Å². The molecular formula is C13H16N2O3. The Morgan fingerprint density at radius 2 is 2.00 bits per heavy atom. The summed E-state index contributed by atoms with van der Waals surface area (Å²) in [4.78, 5) is 26.6. The second-order valence-corrected chi connectivity index (χ2v) is 4.12. The maximum atomic E-state index is 11.8. The quantitative estimate of drug-likeness (QED) is 0.776. The van der Waals surface area contributed by atoms with Crippen LogP contribution in [0, 0.1) is 0 Å². The molecule has 0 saturated heterocycles. The molecule has 1 heterocycles. The lowest BCUT2D eigenvalue weighted by atomic mass is 10.1. The first-order valence-corrected chi connectivity index (χ1v) is 5.57. The summed E-state index contributed by atoms with van der Waals surface area (Å²) in [6.45, 7) is 3.76. The molecule has 0 fully saturated rings. The van der Waals surface area contributed by atoms with Crippen molar-refractivity contribution in [3.63, 3.8) is 0 Å². The molecule has 0 bridgehead atoms. The standard InChI is InChI=1S/C13H16N2O3/c1-9(2)3-4-11(13(17)18)15-12(16)10-5-7-14-8-6-10/h3,5-8,11H,4H2,1-2H3,(H,15,16)(H,17,18)/t11-/m1/s1. The normalized spacial score (nSPS) is 11.4. The van der Waals surface area contributed by atoms with Crippen LogP contribution in [0.2, 0.25) is 0 Å². The van der Waals surface area contributed by atoms with E-state index in [1.807, 2.05) is 13.8 Å². The lowest BCUT2D eigenvalue weighted by Gasteiger charge is -2.12. The van der Waals surface area contributed by atoms with Gasteiger partial charge in [0.25, 0.3) is 5.91 Å². The van der Waals surface area contributed by atoms with Crippen LogP contribution in [-0.2, 0) is 4.79 Å². The zero-order valence-electron chi connectivity index (χ0n) is 10.4. The number of hydrogen-bond acceptors (Lipinski definition) is 3. The van der Waals surface area contributed by atoms with E-state index in [0.717, 1.165) is 5.57 Å². The van der Waals surface area contributed by atoms with Crippen molar-refractivity contribution in [1.29, 1.82) is 0 Å². The number of aromatic nitrogens is 1. The Labute approximate surface area is 106 Å². The molecule has 1 aromatic heterocycles. The fourth-order valence-corrected chi connectivity index (χ4v) is 1.32. The van der Waals surface area contributed by atoms with Crippen LogP contribution in [0.15, 0.2) is 36.2 Å². The smallest absolute Gasteiger partial charge is 0.326 e. The van der Waals surface area contributed by atoms with E-state index in [0.29, 0.717) is 5.56 Å². The fraction of sp³-hybridized carbons (Fsp3) is 0.308. The van der Waals surface area contributed by atoms with Gasteiger partial charge in [-0.3, -0.25) is 9.78 Å². The summed E-state index contributed by atoms with van der Waals surface area (Å²) in [6.07, 6.45) is 5.03. The van der Waals surface area contributed by atoms with Crippen molar-refractivity contribution in [3.05, 3.63) is 41.7 Å². The minimum Gasteiger partial charge on any atom is -0.480 e. The van der Waals surface area contributed by atoms with Gasteiger partial charge in [0.2, 0.25) is 0 Å². The molecule has 0 aliphatic heterocycles. The Bertz CT molecular complexity index is 451. The van der Waals surface area contributed by atoms with Crippen LogP contribution in [0.3, 0.4) is 0 Å². The maximum Gasteiger partial charge on any atom is 0.326 e. The Morgan fingerprint density at radius 1 is 1.39 bits per heavy atom. The van der Waals surface area contributed by atoms with Gasteiger partial charge in [0.15, 0.2) is 0 Å². The number of aliphatic carboxylic acids is 1. The van der Waals surface area contributed by atoms with Gasteiger partial charge in [-0.2, -0.15) is 0 Å². The molecule has 0 radical (unpaired) electrons. The van der Waals surface area contributed by atoms with Crippen LogP contribution in [0.25, 0.3) is 0 Å². The largest absolute Gasteiger partial charge is 0.480 e. The molecule has 0 spiro atoms. The van der Waals surface area contributed by atoms with Crippen LogP contribution >= 0.6 is 0 Å². The summed E-state index contributed by atoms with van der Waals surface area (Å²) >= 11 is 0. The predicted molar refractivity (Wildman–Crippen MR) is 67.2 cm³/mol. The number of carboxylic acids is 1. The lowest BCUT2D eigenvalue weighted by Crippen LogP contribution is -2.40. The zero-order valence-corrected chi connectivity index (χ0v) is 10.4. The molecule has 1 rings (SSSR count). The first kappa shape index (κ1) is 13.9. The van der Waals surface area contributed by atoms with Crippen LogP contribution in [-0.4, -0.2) is 28.0 Å². The third-order valence-corrected chi connectivity index (χ3v) is 2.31. The molecule has 5 heteroatoms. The molecule has 96 valence electrons. The van der Waals surface area contributed by atoms with Gasteiger partial charge in [0.05, 0.1) is 0 Å². The molecule has 18 heavy (non-hydrogen) atoms. The third kappa shape index (κ3) is 4.37. The molecular weight excluding hydrogens is 232 g/mol. The SMILES string of the molecule is CC(C)=CC[C@@H](NC(=O)c1ccncc1)C(=O)O. The first-order valence-electron chi connectivity index (χ1n) is 5.57. The highest BCUT2D eigenvalue weighted by molar-refractivity contribution is 5.96. The monoisotopic (exact) mass is 248 g/mol. The van der Waals surface area contributed by atoms with E-state index in [1.165, 1.54) is 24.5 Å². The Morgan fingerprint density at radius 3 is 2.50 bits per heavy atom. The second-order valence-electron chi connectivity index (χ2n) is 4.12. The maximum absolute atomic E-state index is 11.8. The number of allylic oxidation sites excluding steroid dienone is 1. The molecule has 2 N–H and O–H groups in total. The number of carbonyl (C=O) groups excluding carboxylic acids is 1. The molecule has 1 aromatic rings. The predicted octanol–water partition coefficient (Wildman–Crippen LogP) is 1.62. The Hall–Kier alpha value is -2.17. The van der Waals surface area contributed by atoms with Gasteiger partial charge in [0, 0.05) is 18.0 Å². The number of carbonyl (C=O) groups is 2. The molecule has 5 nitrogen and oxygen atoms in total. The number of amides is 1. The molecule has 0 aromatic carbocycles. The zero-order chi connectivity index (χ0) is 13.5. The van der Waals surface area contributed by atoms with Crippen molar-refractivity contribution < 1.29 is 14.7 Å². The van der Waals surface area contributed by atoms with E-state index >= 15 is 0 Å². The molecule has 0 aliphatic carbocycles. The van der Waals surface area contributed by atoms with E-state index in [-0.39, 0.29) is 6.42 Å². The fourth-order valence-electron chi connectivity index (χ4n) is 1.32. The van der Waals surface area contributed by atoms with E-state index in [1.54, 1.807) is 6.08 Å². The van der Waals surface area contributed by atoms with Crippen molar-refractivity contribution in [2.45, 2.75) is 26.3 Å². The van der Waals surface area contributed by atoms with Gasteiger partial charge in [-0.15, -0.1) is 0 Å². The van der Waals surface area contributed by atoms with Crippen LogP contribution in [0.1, 0.15) is 30.6 Å². The minimum atomic E-state index is -1.05. The highest BCUT2D eigenvalue weighted by Gasteiger charge is 2.19. The van der Waals surface area contributed by atoms with Crippen LogP contribution in [0.5, 0.6) is 0 Å². The summed E-state index contributed by atoms with van der Waals surface area (Å²) in [7, 11) is 0. The minimum absolute atomic E-state index is 0.272. The molecule has 0 aliphatic rings. The van der Waals surface area contributed by atoms with Crippen LogP contribution in [0.4, 0.5) is 0 Å². The van der Waals surface area contributed by atoms with Crippen LogP contribution < -0.4 is 5.32 Å². The average Bonchev–Trinajstić information content (AvgIpc) is 2.34. The van der Waals surface area contributed by atoms with Crippen molar-refractivity contribution >= 4 is 11.9 Å².